The van der Waals surface area contributed by atoms with Crippen molar-refractivity contribution in [2.45, 2.75) is 78.1 Å². The lowest BCUT2D eigenvalue weighted by molar-refractivity contribution is 0.0734. The van der Waals surface area contributed by atoms with E-state index < -0.39 is 5.97 Å². The van der Waals surface area contributed by atoms with Crippen LogP contribution in [-0.2, 0) is 0 Å². The lowest BCUT2D eigenvalue weighted by Crippen LogP contribution is -2.08. The second-order valence-electron chi connectivity index (χ2n) is 9.63. The van der Waals surface area contributed by atoms with Crippen LogP contribution in [0.4, 0.5) is 11.4 Å². The summed E-state index contributed by atoms with van der Waals surface area (Å²) in [5.74, 6) is 1.63. The summed E-state index contributed by atoms with van der Waals surface area (Å²) in [5.41, 5.74) is 1.88. The highest BCUT2D eigenvalue weighted by Crippen LogP contribution is 2.24. The van der Waals surface area contributed by atoms with Crippen molar-refractivity contribution in [3.63, 3.8) is 0 Å². The summed E-state index contributed by atoms with van der Waals surface area (Å²) in [5, 5.41) is 8.56. The molecular weight excluding hydrogens is 488 g/mol. The van der Waals surface area contributed by atoms with Crippen molar-refractivity contribution in [1.29, 1.82) is 0 Å². The van der Waals surface area contributed by atoms with Crippen LogP contribution < -0.4 is 14.2 Å². The normalized spacial score (nSPS) is 11.0. The summed E-state index contributed by atoms with van der Waals surface area (Å²) in [6, 6.07) is 21.6. The molecule has 0 N–H and O–H groups in total. The molecule has 0 aliphatic rings. The molecule has 6 heteroatoms. The standard InChI is InChI=1S/C33H42N2O4/c1-3-5-7-9-11-25-37-30-19-13-27(14-20-30)33(36)39-32-23-17-29(18-24-32)35-34-28-15-21-31(22-16-28)38-26-12-10-8-6-4-2/h13-24H,3-12,25-26H2,1-2H3. The van der Waals surface area contributed by atoms with E-state index in [0.29, 0.717) is 23.6 Å². The highest BCUT2D eigenvalue weighted by atomic mass is 16.5. The van der Waals surface area contributed by atoms with Gasteiger partial charge in [-0.3, -0.25) is 0 Å². The molecule has 0 bridgehead atoms. The van der Waals surface area contributed by atoms with Gasteiger partial charge in [-0.25, -0.2) is 4.79 Å². The predicted molar refractivity (Wildman–Crippen MR) is 157 cm³/mol. The van der Waals surface area contributed by atoms with Gasteiger partial charge < -0.3 is 14.2 Å². The Morgan fingerprint density at radius 2 is 0.949 bits per heavy atom. The lowest BCUT2D eigenvalue weighted by Gasteiger charge is -2.08. The van der Waals surface area contributed by atoms with Gasteiger partial charge in [-0.05, 0) is 85.6 Å². The molecule has 208 valence electrons. The molecule has 39 heavy (non-hydrogen) atoms. The zero-order valence-electron chi connectivity index (χ0n) is 23.4. The van der Waals surface area contributed by atoms with Crippen molar-refractivity contribution in [2.75, 3.05) is 13.2 Å². The maximum Gasteiger partial charge on any atom is 0.343 e. The lowest BCUT2D eigenvalue weighted by atomic mass is 10.2. The number of ether oxygens (including phenoxy) is 3. The molecule has 0 aliphatic heterocycles. The Morgan fingerprint density at radius 3 is 1.41 bits per heavy atom. The van der Waals surface area contributed by atoms with Gasteiger partial charge in [0.15, 0.2) is 0 Å². The molecule has 0 fully saturated rings. The molecule has 0 radical (unpaired) electrons. The summed E-state index contributed by atoms with van der Waals surface area (Å²) in [7, 11) is 0. The van der Waals surface area contributed by atoms with Crippen molar-refractivity contribution >= 4 is 17.3 Å². The minimum absolute atomic E-state index is 0.418. The number of azo groups is 1. The van der Waals surface area contributed by atoms with Crippen LogP contribution in [0.3, 0.4) is 0 Å². The number of nitrogens with zero attached hydrogens (tertiary/aromatic N) is 2. The fraction of sp³-hybridized carbons (Fsp3) is 0.424. The molecule has 0 saturated heterocycles. The number of benzene rings is 3. The molecule has 0 heterocycles. The molecule has 0 saturated carbocycles. The second-order valence-corrected chi connectivity index (χ2v) is 9.63. The first-order valence-corrected chi connectivity index (χ1v) is 14.4. The summed E-state index contributed by atoms with van der Waals surface area (Å²) in [6.45, 7) is 5.85. The summed E-state index contributed by atoms with van der Waals surface area (Å²) < 4.78 is 17.1. The Labute approximate surface area is 233 Å². The number of rotatable bonds is 18. The fourth-order valence-corrected chi connectivity index (χ4v) is 3.95. The largest absolute Gasteiger partial charge is 0.494 e. The van der Waals surface area contributed by atoms with Gasteiger partial charge in [0, 0.05) is 0 Å². The van der Waals surface area contributed by atoms with E-state index in [-0.39, 0.29) is 0 Å². The zero-order chi connectivity index (χ0) is 27.5. The van der Waals surface area contributed by atoms with Gasteiger partial charge in [0.25, 0.3) is 0 Å². The molecule has 0 spiro atoms. The molecule has 0 amide bonds. The van der Waals surface area contributed by atoms with E-state index in [1.165, 1.54) is 51.4 Å². The molecule has 0 unspecified atom stereocenters. The molecule has 6 nitrogen and oxygen atoms in total. The van der Waals surface area contributed by atoms with Crippen molar-refractivity contribution < 1.29 is 19.0 Å². The Morgan fingerprint density at radius 1 is 0.538 bits per heavy atom. The maximum atomic E-state index is 12.5. The third-order valence-corrected chi connectivity index (χ3v) is 6.29. The third-order valence-electron chi connectivity index (χ3n) is 6.29. The van der Waals surface area contributed by atoms with E-state index in [1.54, 1.807) is 48.5 Å². The van der Waals surface area contributed by atoms with Crippen LogP contribution in [0.1, 0.15) is 88.4 Å². The smallest absolute Gasteiger partial charge is 0.343 e. The zero-order valence-corrected chi connectivity index (χ0v) is 23.4. The number of hydrogen-bond donors (Lipinski definition) is 0. The first-order valence-electron chi connectivity index (χ1n) is 14.4. The van der Waals surface area contributed by atoms with Crippen LogP contribution in [0.15, 0.2) is 83.0 Å². The predicted octanol–water partition coefficient (Wildman–Crippen LogP) is 10.0. The minimum atomic E-state index is -0.418. The number of esters is 1. The summed E-state index contributed by atoms with van der Waals surface area (Å²) in [4.78, 5) is 12.5. The summed E-state index contributed by atoms with van der Waals surface area (Å²) >= 11 is 0. The first kappa shape index (κ1) is 29.9. The Balaban J connectivity index is 1.40. The molecular formula is C33H42N2O4. The van der Waals surface area contributed by atoms with Gasteiger partial charge >= 0.3 is 5.97 Å². The van der Waals surface area contributed by atoms with E-state index in [2.05, 4.69) is 24.1 Å². The number of carbonyl (C=O) groups is 1. The Hall–Kier alpha value is -3.67. The topological polar surface area (TPSA) is 69.5 Å². The number of unbranched alkanes of at least 4 members (excludes halogenated alkanes) is 8. The third kappa shape index (κ3) is 11.7. The van der Waals surface area contributed by atoms with E-state index in [9.17, 15) is 4.79 Å². The molecule has 3 aromatic carbocycles. The van der Waals surface area contributed by atoms with Gasteiger partial charge in [-0.1, -0.05) is 65.2 Å². The maximum absolute atomic E-state index is 12.5. The van der Waals surface area contributed by atoms with Crippen LogP contribution >= 0.6 is 0 Å². The highest BCUT2D eigenvalue weighted by molar-refractivity contribution is 5.91. The molecule has 3 aromatic rings. The molecule has 0 aliphatic carbocycles. The van der Waals surface area contributed by atoms with Crippen molar-refractivity contribution in [3.8, 4) is 17.2 Å². The van der Waals surface area contributed by atoms with Crippen LogP contribution in [0.5, 0.6) is 17.2 Å². The van der Waals surface area contributed by atoms with Crippen LogP contribution in [0, 0.1) is 0 Å². The number of hydrogen-bond acceptors (Lipinski definition) is 6. The summed E-state index contributed by atoms with van der Waals surface area (Å²) in [6.07, 6.45) is 12.1. The minimum Gasteiger partial charge on any atom is -0.494 e. The second kappa shape index (κ2) is 17.8. The average Bonchev–Trinajstić information content (AvgIpc) is 2.97. The van der Waals surface area contributed by atoms with Gasteiger partial charge in [-0.15, -0.1) is 0 Å². The number of carbonyl (C=O) groups excluding carboxylic acids is 1. The Bertz CT molecular complexity index is 1110. The van der Waals surface area contributed by atoms with Crippen LogP contribution in [0.2, 0.25) is 0 Å². The van der Waals surface area contributed by atoms with Gasteiger partial charge in [-0.2, -0.15) is 10.2 Å². The van der Waals surface area contributed by atoms with E-state index in [1.807, 2.05) is 24.3 Å². The average molecular weight is 531 g/mol. The van der Waals surface area contributed by atoms with Gasteiger partial charge in [0.1, 0.15) is 17.2 Å². The van der Waals surface area contributed by atoms with Crippen LogP contribution in [-0.4, -0.2) is 19.2 Å². The monoisotopic (exact) mass is 530 g/mol. The highest BCUT2D eigenvalue weighted by Gasteiger charge is 2.09. The van der Waals surface area contributed by atoms with Gasteiger partial charge in [0.05, 0.1) is 30.2 Å². The Kier molecular flexibility index (Phi) is 13.6. The van der Waals surface area contributed by atoms with Crippen molar-refractivity contribution in [2.24, 2.45) is 10.2 Å². The van der Waals surface area contributed by atoms with Gasteiger partial charge in [0.2, 0.25) is 0 Å². The molecule has 0 aromatic heterocycles. The quantitative estimate of drug-likeness (QED) is 0.0710. The molecule has 3 rings (SSSR count). The SMILES string of the molecule is CCCCCCCOc1ccc(N=Nc2ccc(OC(=O)c3ccc(OCCCCCCC)cc3)cc2)cc1. The first-order chi connectivity index (χ1) is 19.2. The molecule has 0 atom stereocenters. The van der Waals surface area contributed by atoms with Crippen molar-refractivity contribution in [1.82, 2.24) is 0 Å². The van der Waals surface area contributed by atoms with Crippen LogP contribution in [0.25, 0.3) is 0 Å². The van der Waals surface area contributed by atoms with E-state index in [4.69, 9.17) is 14.2 Å². The fourth-order valence-electron chi connectivity index (χ4n) is 3.95. The van der Waals surface area contributed by atoms with E-state index >= 15 is 0 Å². The van der Waals surface area contributed by atoms with Crippen molar-refractivity contribution in [3.05, 3.63) is 78.4 Å². The van der Waals surface area contributed by atoms with E-state index in [0.717, 1.165) is 36.6 Å².